The van der Waals surface area contributed by atoms with Crippen molar-refractivity contribution in [1.29, 1.82) is 0 Å². The summed E-state index contributed by atoms with van der Waals surface area (Å²) < 4.78 is 18.5. The number of aliphatic hydroxyl groups is 1. The van der Waals surface area contributed by atoms with Gasteiger partial charge >= 0.3 is 5.69 Å². The van der Waals surface area contributed by atoms with E-state index < -0.39 is 17.1 Å². The molecule has 0 aliphatic carbocycles. The molecule has 4 rings (SSSR count). The first-order valence-corrected chi connectivity index (χ1v) is 9.96. The van der Waals surface area contributed by atoms with Gasteiger partial charge in [-0.25, -0.2) is 14.2 Å². The van der Waals surface area contributed by atoms with Crippen molar-refractivity contribution in [1.82, 2.24) is 23.7 Å². The molecular formula is C21H19ClFN5O3. The minimum atomic E-state index is -0.560. The maximum atomic E-state index is 14.6. The molecule has 0 bridgehead atoms. The first-order chi connectivity index (χ1) is 14.9. The maximum Gasteiger partial charge on any atom is 0.332 e. The molecule has 0 unspecified atom stereocenters. The van der Waals surface area contributed by atoms with Crippen molar-refractivity contribution in [2.24, 2.45) is 7.05 Å². The molecule has 3 heterocycles. The molecule has 3 aromatic heterocycles. The van der Waals surface area contributed by atoms with Crippen molar-refractivity contribution < 1.29 is 9.50 Å². The van der Waals surface area contributed by atoms with Crippen molar-refractivity contribution in [2.45, 2.75) is 19.5 Å². The van der Waals surface area contributed by atoms with E-state index in [-0.39, 0.29) is 48.7 Å². The lowest BCUT2D eigenvalue weighted by Gasteiger charge is -2.11. The van der Waals surface area contributed by atoms with Gasteiger partial charge in [-0.05, 0) is 30.7 Å². The van der Waals surface area contributed by atoms with Crippen LogP contribution in [0.3, 0.4) is 0 Å². The fourth-order valence-corrected chi connectivity index (χ4v) is 3.57. The van der Waals surface area contributed by atoms with Gasteiger partial charge in [0, 0.05) is 26.4 Å². The smallest absolute Gasteiger partial charge is 0.332 e. The van der Waals surface area contributed by atoms with Crippen LogP contribution in [0.1, 0.15) is 12.1 Å². The lowest BCUT2D eigenvalue weighted by Crippen LogP contribution is -2.40. The number of hydrogen-bond donors (Lipinski definition) is 1. The molecule has 0 aliphatic heterocycles. The third kappa shape index (κ3) is 3.77. The second kappa shape index (κ2) is 8.44. The number of aliphatic hydroxyl groups excluding tert-OH is 1. The largest absolute Gasteiger partial charge is 0.396 e. The van der Waals surface area contributed by atoms with Gasteiger partial charge in [0.15, 0.2) is 11.2 Å². The van der Waals surface area contributed by atoms with Gasteiger partial charge in [-0.3, -0.25) is 18.9 Å². The molecule has 0 saturated carbocycles. The van der Waals surface area contributed by atoms with E-state index >= 15 is 0 Å². The quantitative estimate of drug-likeness (QED) is 0.493. The summed E-state index contributed by atoms with van der Waals surface area (Å²) in [4.78, 5) is 34.7. The number of rotatable bonds is 6. The van der Waals surface area contributed by atoms with Gasteiger partial charge in [-0.1, -0.05) is 23.7 Å². The van der Waals surface area contributed by atoms with Gasteiger partial charge in [0.05, 0.1) is 22.8 Å². The van der Waals surface area contributed by atoms with E-state index in [2.05, 4.69) is 9.97 Å². The third-order valence-corrected chi connectivity index (χ3v) is 5.22. The van der Waals surface area contributed by atoms with Gasteiger partial charge in [0.25, 0.3) is 5.56 Å². The van der Waals surface area contributed by atoms with Crippen LogP contribution >= 0.6 is 11.6 Å². The Morgan fingerprint density at radius 1 is 1.13 bits per heavy atom. The van der Waals surface area contributed by atoms with Gasteiger partial charge in [-0.2, -0.15) is 0 Å². The van der Waals surface area contributed by atoms with Crippen molar-refractivity contribution in [3.05, 3.63) is 80.0 Å². The molecular weight excluding hydrogens is 425 g/mol. The third-order valence-electron chi connectivity index (χ3n) is 5.00. The molecule has 10 heteroatoms. The molecule has 0 radical (unpaired) electrons. The van der Waals surface area contributed by atoms with Gasteiger partial charge in [0.2, 0.25) is 0 Å². The molecule has 8 nitrogen and oxygen atoms in total. The summed E-state index contributed by atoms with van der Waals surface area (Å²) in [6, 6.07) is 9.46. The highest BCUT2D eigenvalue weighted by Gasteiger charge is 2.23. The van der Waals surface area contributed by atoms with E-state index in [1.807, 2.05) is 0 Å². The second-order valence-corrected chi connectivity index (χ2v) is 7.45. The minimum absolute atomic E-state index is 0.0529. The Labute approximate surface area is 180 Å². The van der Waals surface area contributed by atoms with E-state index in [1.54, 1.807) is 34.9 Å². The van der Waals surface area contributed by atoms with E-state index in [4.69, 9.17) is 16.7 Å². The monoisotopic (exact) mass is 443 g/mol. The van der Waals surface area contributed by atoms with Crippen LogP contribution in [0.15, 0.2) is 52.2 Å². The van der Waals surface area contributed by atoms with E-state index in [1.165, 1.54) is 23.9 Å². The number of fused-ring (bicyclic) bond motifs is 1. The Hall–Kier alpha value is -3.30. The first-order valence-electron chi connectivity index (χ1n) is 9.58. The van der Waals surface area contributed by atoms with Crippen LogP contribution in [0.5, 0.6) is 0 Å². The van der Waals surface area contributed by atoms with Crippen molar-refractivity contribution in [3.63, 3.8) is 0 Å². The van der Waals surface area contributed by atoms with E-state index in [9.17, 15) is 14.0 Å². The topological polar surface area (TPSA) is 94.9 Å². The first kappa shape index (κ1) is 21.0. The van der Waals surface area contributed by atoms with Crippen LogP contribution in [-0.2, 0) is 20.1 Å². The highest BCUT2D eigenvalue weighted by Crippen LogP contribution is 2.26. The summed E-state index contributed by atoms with van der Waals surface area (Å²) in [6.45, 7) is 0.00416. The summed E-state index contributed by atoms with van der Waals surface area (Å²) in [5.41, 5.74) is -0.0497. The van der Waals surface area contributed by atoms with Crippen molar-refractivity contribution >= 4 is 22.8 Å². The van der Waals surface area contributed by atoms with Crippen LogP contribution in [0.2, 0.25) is 5.02 Å². The highest BCUT2D eigenvalue weighted by molar-refractivity contribution is 6.30. The second-order valence-electron chi connectivity index (χ2n) is 7.02. The van der Waals surface area contributed by atoms with Crippen LogP contribution in [0.4, 0.5) is 4.39 Å². The Morgan fingerprint density at radius 3 is 2.58 bits per heavy atom. The average Bonchev–Trinajstić information content (AvgIpc) is 3.13. The summed E-state index contributed by atoms with van der Waals surface area (Å²) in [5.74, 6) is -0.300. The van der Waals surface area contributed by atoms with Gasteiger partial charge in [-0.15, -0.1) is 0 Å². The Kier molecular flexibility index (Phi) is 5.71. The predicted octanol–water partition coefficient (Wildman–Crippen LogP) is 2.18. The maximum absolute atomic E-state index is 14.6. The van der Waals surface area contributed by atoms with Crippen LogP contribution in [0.25, 0.3) is 22.6 Å². The Bertz CT molecular complexity index is 1380. The normalized spacial score (nSPS) is 11.4. The molecule has 160 valence electrons. The van der Waals surface area contributed by atoms with Crippen molar-refractivity contribution in [2.75, 3.05) is 6.61 Å². The molecule has 0 spiro atoms. The van der Waals surface area contributed by atoms with Crippen LogP contribution < -0.4 is 11.2 Å². The predicted molar refractivity (Wildman–Crippen MR) is 115 cm³/mol. The summed E-state index contributed by atoms with van der Waals surface area (Å²) >= 11 is 5.93. The molecule has 0 fully saturated rings. The van der Waals surface area contributed by atoms with E-state index in [0.29, 0.717) is 10.7 Å². The highest BCUT2D eigenvalue weighted by atomic mass is 35.5. The number of benzene rings is 1. The number of aromatic nitrogens is 5. The van der Waals surface area contributed by atoms with Crippen LogP contribution in [0, 0.1) is 5.82 Å². The zero-order valence-corrected chi connectivity index (χ0v) is 17.4. The molecule has 0 aliphatic rings. The van der Waals surface area contributed by atoms with Gasteiger partial charge in [0.1, 0.15) is 11.6 Å². The lowest BCUT2D eigenvalue weighted by molar-refractivity contribution is 0.277. The number of halogens is 2. The molecule has 0 atom stereocenters. The Morgan fingerprint density at radius 2 is 1.90 bits per heavy atom. The number of imidazole rings is 1. The molecule has 1 N–H and O–H groups in total. The standard InChI is InChI=1S/C21H19ClFN5O3/c1-26-19-17(20(30)27(21(26)31)9-4-10-29)28(12-14-8-7-13(22)11-24-14)18(25-19)15-5-2-3-6-16(15)23/h2-3,5-8,11,29H,4,9-10,12H2,1H3. The number of hydrogen-bond acceptors (Lipinski definition) is 5. The molecule has 0 amide bonds. The number of aryl methyl sites for hydroxylation is 1. The zero-order chi connectivity index (χ0) is 22.1. The SMILES string of the molecule is Cn1c(=O)n(CCCO)c(=O)c2c1nc(-c1ccccc1F)n2Cc1ccc(Cl)cn1. The Balaban J connectivity index is 2.04. The van der Waals surface area contributed by atoms with Gasteiger partial charge < -0.3 is 9.67 Å². The minimum Gasteiger partial charge on any atom is -0.396 e. The zero-order valence-electron chi connectivity index (χ0n) is 16.6. The summed E-state index contributed by atoms with van der Waals surface area (Å²) in [5, 5.41) is 9.61. The number of nitrogens with zero attached hydrogens (tertiary/aromatic N) is 5. The molecule has 0 saturated heterocycles. The fourth-order valence-electron chi connectivity index (χ4n) is 3.46. The fraction of sp³-hybridized carbons (Fsp3) is 0.238. The lowest BCUT2D eigenvalue weighted by atomic mass is 10.2. The van der Waals surface area contributed by atoms with Crippen LogP contribution in [-0.4, -0.2) is 35.4 Å². The number of pyridine rings is 1. The summed E-state index contributed by atoms with van der Waals surface area (Å²) in [6.07, 6.45) is 1.72. The molecule has 4 aromatic rings. The van der Waals surface area contributed by atoms with E-state index in [0.717, 1.165) is 4.57 Å². The van der Waals surface area contributed by atoms with Crippen molar-refractivity contribution in [3.8, 4) is 11.4 Å². The molecule has 1 aromatic carbocycles. The summed E-state index contributed by atoms with van der Waals surface area (Å²) in [7, 11) is 1.50. The average molecular weight is 444 g/mol. The molecule has 31 heavy (non-hydrogen) atoms.